The maximum Gasteiger partial charge on any atom is 0.252 e. The van der Waals surface area contributed by atoms with E-state index in [1.165, 1.54) is 12.3 Å². The van der Waals surface area contributed by atoms with Crippen LogP contribution in [0.1, 0.15) is 23.7 Å². The third-order valence-electron chi connectivity index (χ3n) is 2.42. The number of carbonyl (C=O) groups is 1. The number of nitrogens with two attached hydrogens (primary N) is 2. The number of nitrogens with zero attached hydrogens (tertiary/aromatic N) is 1. The molecule has 0 fully saturated rings. The lowest BCUT2D eigenvalue weighted by Gasteiger charge is -2.11. The first-order valence-electron chi connectivity index (χ1n) is 5.36. The summed E-state index contributed by atoms with van der Waals surface area (Å²) in [5.74, 6) is -0.0229. The topological polar surface area (TPSA) is 94.0 Å². The van der Waals surface area contributed by atoms with Crippen LogP contribution in [0.2, 0.25) is 0 Å². The first kappa shape index (κ1) is 13.6. The zero-order chi connectivity index (χ0) is 12.8. The molecular formula is C11H18N4OS. The summed E-state index contributed by atoms with van der Waals surface area (Å²) in [6.07, 6.45) is 4.57. The Kier molecular flexibility index (Phi) is 5.09. The molecule has 1 amide bonds. The van der Waals surface area contributed by atoms with Crippen LogP contribution in [0.15, 0.2) is 12.3 Å². The maximum absolute atomic E-state index is 11.2. The summed E-state index contributed by atoms with van der Waals surface area (Å²) in [7, 11) is 0. The summed E-state index contributed by atoms with van der Waals surface area (Å²) in [5, 5.41) is 3.67. The minimum atomic E-state index is -0.523. The van der Waals surface area contributed by atoms with Crippen LogP contribution in [0.5, 0.6) is 0 Å². The van der Waals surface area contributed by atoms with Crippen LogP contribution in [0.4, 0.5) is 11.5 Å². The van der Waals surface area contributed by atoms with Gasteiger partial charge in [-0.15, -0.1) is 0 Å². The van der Waals surface area contributed by atoms with Crippen LogP contribution in [0.3, 0.4) is 0 Å². The van der Waals surface area contributed by atoms with Gasteiger partial charge in [-0.2, -0.15) is 11.8 Å². The lowest BCUT2D eigenvalue weighted by Crippen LogP contribution is -2.17. The van der Waals surface area contributed by atoms with Gasteiger partial charge in [-0.1, -0.05) is 6.92 Å². The molecule has 0 saturated heterocycles. The maximum atomic E-state index is 11.2. The number of rotatable bonds is 6. The smallest absolute Gasteiger partial charge is 0.252 e. The van der Waals surface area contributed by atoms with Gasteiger partial charge in [0.15, 0.2) is 0 Å². The van der Waals surface area contributed by atoms with E-state index in [1.54, 1.807) is 11.8 Å². The van der Waals surface area contributed by atoms with E-state index in [0.29, 0.717) is 22.3 Å². The Morgan fingerprint density at radius 1 is 1.65 bits per heavy atom. The fraction of sp³-hybridized carbons (Fsp3) is 0.455. The predicted octanol–water partition coefficient (Wildman–Crippen LogP) is 1.32. The molecule has 5 N–H and O–H groups in total. The quantitative estimate of drug-likeness (QED) is 0.711. The molecule has 1 aromatic heterocycles. The first-order chi connectivity index (χ1) is 8.04. The minimum Gasteiger partial charge on any atom is -0.397 e. The molecule has 0 spiro atoms. The molecule has 0 aliphatic heterocycles. The van der Waals surface area contributed by atoms with Gasteiger partial charge in [0, 0.05) is 11.8 Å². The number of carbonyl (C=O) groups excluding carboxylic acids is 1. The van der Waals surface area contributed by atoms with Gasteiger partial charge in [0.05, 0.1) is 17.4 Å². The zero-order valence-corrected chi connectivity index (χ0v) is 10.9. The number of pyridine rings is 1. The lowest BCUT2D eigenvalue weighted by molar-refractivity contribution is 0.100. The second-order valence-corrected chi connectivity index (χ2v) is 5.07. The zero-order valence-electron chi connectivity index (χ0n) is 10.1. The van der Waals surface area contributed by atoms with E-state index in [9.17, 15) is 4.79 Å². The predicted molar refractivity (Wildman–Crippen MR) is 73.3 cm³/mol. The Morgan fingerprint density at radius 2 is 2.35 bits per heavy atom. The molecule has 0 radical (unpaired) electrons. The molecule has 0 saturated carbocycles. The second kappa shape index (κ2) is 6.34. The largest absolute Gasteiger partial charge is 0.397 e. The van der Waals surface area contributed by atoms with Gasteiger partial charge in [-0.3, -0.25) is 4.79 Å². The molecule has 0 aromatic carbocycles. The Balaban J connectivity index is 2.67. The van der Waals surface area contributed by atoms with Crippen molar-refractivity contribution >= 4 is 29.2 Å². The number of anilines is 2. The molecule has 1 rings (SSSR count). The van der Waals surface area contributed by atoms with Gasteiger partial charge < -0.3 is 16.8 Å². The van der Waals surface area contributed by atoms with Gasteiger partial charge in [-0.05, 0) is 18.7 Å². The van der Waals surface area contributed by atoms with E-state index in [2.05, 4.69) is 23.5 Å². The molecule has 0 aliphatic rings. The molecule has 94 valence electrons. The Morgan fingerprint density at radius 3 is 2.94 bits per heavy atom. The molecule has 17 heavy (non-hydrogen) atoms. The third kappa shape index (κ3) is 4.14. The van der Waals surface area contributed by atoms with Gasteiger partial charge in [0.1, 0.15) is 5.82 Å². The lowest BCUT2D eigenvalue weighted by atomic mass is 10.2. The highest BCUT2D eigenvalue weighted by atomic mass is 32.2. The van der Waals surface area contributed by atoms with Gasteiger partial charge in [0.2, 0.25) is 0 Å². The van der Waals surface area contributed by atoms with Crippen LogP contribution in [0, 0.1) is 0 Å². The Bertz CT molecular complexity index is 397. The number of amides is 1. The summed E-state index contributed by atoms with van der Waals surface area (Å²) in [6, 6.07) is 1.54. The molecule has 5 nitrogen and oxygen atoms in total. The first-order valence-corrected chi connectivity index (χ1v) is 6.65. The fourth-order valence-electron chi connectivity index (χ4n) is 1.32. The number of aromatic nitrogens is 1. The summed E-state index contributed by atoms with van der Waals surface area (Å²) >= 11 is 1.80. The van der Waals surface area contributed by atoms with Crippen molar-refractivity contribution < 1.29 is 4.79 Å². The van der Waals surface area contributed by atoms with Crippen LogP contribution in [0.25, 0.3) is 0 Å². The molecular weight excluding hydrogens is 236 g/mol. The highest BCUT2D eigenvalue weighted by Crippen LogP contribution is 2.16. The molecule has 6 heteroatoms. The van der Waals surface area contributed by atoms with Crippen molar-refractivity contribution in [1.82, 2.24) is 4.98 Å². The van der Waals surface area contributed by atoms with Crippen molar-refractivity contribution in [3.8, 4) is 0 Å². The molecule has 0 aliphatic carbocycles. The SMILES string of the molecule is CSC(C)CCNc1ncc(N)cc1C(N)=O. The van der Waals surface area contributed by atoms with E-state index < -0.39 is 5.91 Å². The Hall–Kier alpha value is -1.43. The van der Waals surface area contributed by atoms with Crippen molar-refractivity contribution in [3.05, 3.63) is 17.8 Å². The summed E-state index contributed by atoms with van der Waals surface area (Å²) in [4.78, 5) is 15.3. The van der Waals surface area contributed by atoms with Crippen molar-refractivity contribution in [1.29, 1.82) is 0 Å². The molecule has 1 heterocycles. The van der Waals surface area contributed by atoms with Crippen molar-refractivity contribution in [2.75, 3.05) is 23.9 Å². The van der Waals surface area contributed by atoms with Crippen molar-refractivity contribution in [2.45, 2.75) is 18.6 Å². The second-order valence-electron chi connectivity index (χ2n) is 3.79. The highest BCUT2D eigenvalue weighted by molar-refractivity contribution is 7.99. The van der Waals surface area contributed by atoms with E-state index in [4.69, 9.17) is 11.5 Å². The fourth-order valence-corrected chi connectivity index (χ4v) is 1.67. The monoisotopic (exact) mass is 254 g/mol. The van der Waals surface area contributed by atoms with Gasteiger partial charge in [-0.25, -0.2) is 4.98 Å². The van der Waals surface area contributed by atoms with E-state index in [-0.39, 0.29) is 0 Å². The Labute approximate surface area is 105 Å². The molecule has 0 bridgehead atoms. The average molecular weight is 254 g/mol. The molecule has 1 aromatic rings. The number of hydrogen-bond acceptors (Lipinski definition) is 5. The van der Waals surface area contributed by atoms with E-state index in [1.807, 2.05) is 0 Å². The number of thioether (sulfide) groups is 1. The van der Waals surface area contributed by atoms with Crippen LogP contribution in [-0.4, -0.2) is 28.9 Å². The standard InChI is InChI=1S/C11H18N4OS/c1-7(17-2)3-4-14-11-9(10(13)16)5-8(12)6-15-11/h5-7H,3-4,12H2,1-2H3,(H2,13,16)(H,14,15). The number of nitrogen functional groups attached to an aromatic ring is 1. The third-order valence-corrected chi connectivity index (χ3v) is 3.46. The van der Waals surface area contributed by atoms with Gasteiger partial charge >= 0.3 is 0 Å². The van der Waals surface area contributed by atoms with Crippen LogP contribution in [-0.2, 0) is 0 Å². The van der Waals surface area contributed by atoms with Crippen LogP contribution >= 0.6 is 11.8 Å². The van der Waals surface area contributed by atoms with Crippen molar-refractivity contribution in [3.63, 3.8) is 0 Å². The van der Waals surface area contributed by atoms with E-state index in [0.717, 1.165) is 13.0 Å². The molecule has 1 unspecified atom stereocenters. The number of nitrogens with one attached hydrogen (secondary N) is 1. The summed E-state index contributed by atoms with van der Waals surface area (Å²) in [6.45, 7) is 2.90. The summed E-state index contributed by atoms with van der Waals surface area (Å²) in [5.41, 5.74) is 11.6. The highest BCUT2D eigenvalue weighted by Gasteiger charge is 2.10. The summed E-state index contributed by atoms with van der Waals surface area (Å²) < 4.78 is 0. The number of hydrogen-bond donors (Lipinski definition) is 3. The van der Waals surface area contributed by atoms with Crippen molar-refractivity contribution in [2.24, 2.45) is 5.73 Å². The minimum absolute atomic E-state index is 0.335. The average Bonchev–Trinajstić information content (AvgIpc) is 2.30. The normalized spacial score (nSPS) is 12.1. The molecule has 1 atom stereocenters. The van der Waals surface area contributed by atoms with Crippen LogP contribution < -0.4 is 16.8 Å². The van der Waals surface area contributed by atoms with E-state index >= 15 is 0 Å². The number of primary amides is 1. The van der Waals surface area contributed by atoms with Gasteiger partial charge in [0.25, 0.3) is 5.91 Å².